The highest BCUT2D eigenvalue weighted by Gasteiger charge is 2.30. The second-order valence-electron chi connectivity index (χ2n) is 8.32. The monoisotopic (exact) mass is 495 g/mol. The van der Waals surface area contributed by atoms with Gasteiger partial charge < -0.3 is 15.4 Å². The van der Waals surface area contributed by atoms with Crippen LogP contribution < -0.4 is 19.7 Å². The molecule has 0 saturated carbocycles. The third-order valence-corrected chi connectivity index (χ3v) is 6.95. The number of amides is 2. The fraction of sp³-hybridized carbons (Fsp3) is 0.231. The van der Waals surface area contributed by atoms with Crippen molar-refractivity contribution < 1.29 is 22.7 Å². The summed E-state index contributed by atoms with van der Waals surface area (Å²) in [5.74, 6) is -0.534. The number of methoxy groups -OCH3 is 1. The molecule has 0 aliphatic heterocycles. The number of carbonyl (C=O) groups is 2. The molecular weight excluding hydrogens is 466 g/mol. The van der Waals surface area contributed by atoms with Gasteiger partial charge in [-0.2, -0.15) is 0 Å². The Kier molecular flexibility index (Phi) is 7.81. The summed E-state index contributed by atoms with van der Waals surface area (Å²) in [4.78, 5) is 24.2. The molecule has 0 unspecified atom stereocenters. The average Bonchev–Trinajstić information content (AvgIpc) is 2.77. The van der Waals surface area contributed by atoms with Crippen LogP contribution in [-0.2, 0) is 19.6 Å². The Hall–Kier alpha value is -3.85. The van der Waals surface area contributed by atoms with Gasteiger partial charge in [-0.15, -0.1) is 0 Å². The highest BCUT2D eigenvalue weighted by atomic mass is 32.2. The van der Waals surface area contributed by atoms with E-state index in [1.54, 1.807) is 55.5 Å². The Morgan fingerprint density at radius 1 is 0.829 bits per heavy atom. The summed E-state index contributed by atoms with van der Waals surface area (Å²) in [6, 6.07) is 16.8. The van der Waals surface area contributed by atoms with Gasteiger partial charge in [0, 0.05) is 18.3 Å². The van der Waals surface area contributed by atoms with Crippen LogP contribution in [0.1, 0.15) is 23.6 Å². The zero-order valence-corrected chi connectivity index (χ0v) is 21.2. The van der Waals surface area contributed by atoms with Crippen molar-refractivity contribution in [3.05, 3.63) is 77.4 Å². The van der Waals surface area contributed by atoms with Gasteiger partial charge in [0.05, 0.1) is 12.8 Å². The molecule has 184 valence electrons. The summed E-state index contributed by atoms with van der Waals surface area (Å²) < 4.78 is 34.1. The minimum atomic E-state index is -4.16. The number of carbonyl (C=O) groups excluding carboxylic acids is 2. The molecule has 0 fully saturated rings. The van der Waals surface area contributed by atoms with Crippen molar-refractivity contribution in [1.82, 2.24) is 0 Å². The third kappa shape index (κ3) is 6.39. The van der Waals surface area contributed by atoms with Crippen molar-refractivity contribution >= 4 is 38.9 Å². The summed E-state index contributed by atoms with van der Waals surface area (Å²) in [6.07, 6.45) is 0. The van der Waals surface area contributed by atoms with Gasteiger partial charge in [-0.3, -0.25) is 13.9 Å². The molecule has 0 aliphatic carbocycles. The fourth-order valence-corrected chi connectivity index (χ4v) is 5.33. The lowest BCUT2D eigenvalue weighted by Crippen LogP contribution is -2.38. The number of hydrogen-bond acceptors (Lipinski definition) is 5. The first-order valence-electron chi connectivity index (χ1n) is 10.9. The fourth-order valence-electron chi connectivity index (χ4n) is 3.69. The number of hydrogen-bond donors (Lipinski definition) is 2. The molecule has 0 bridgehead atoms. The van der Waals surface area contributed by atoms with Crippen LogP contribution >= 0.6 is 0 Å². The first kappa shape index (κ1) is 25.8. The summed E-state index contributed by atoms with van der Waals surface area (Å²) in [7, 11) is -2.76. The van der Waals surface area contributed by atoms with E-state index in [2.05, 4.69) is 10.6 Å². The molecule has 0 atom stereocenters. The molecular formula is C26H29N3O5S. The normalized spacial score (nSPS) is 11.0. The number of sulfonamides is 1. The lowest BCUT2D eigenvalue weighted by atomic mass is 10.1. The highest BCUT2D eigenvalue weighted by molar-refractivity contribution is 7.93. The smallest absolute Gasteiger partial charge is 0.268 e. The van der Waals surface area contributed by atoms with E-state index in [9.17, 15) is 18.0 Å². The summed E-state index contributed by atoms with van der Waals surface area (Å²) in [5, 5.41) is 5.38. The van der Waals surface area contributed by atoms with Crippen molar-refractivity contribution in [3.63, 3.8) is 0 Å². The van der Waals surface area contributed by atoms with E-state index in [0.29, 0.717) is 17.1 Å². The molecule has 0 saturated heterocycles. The van der Waals surface area contributed by atoms with Gasteiger partial charge in [0.15, 0.2) is 0 Å². The van der Waals surface area contributed by atoms with E-state index >= 15 is 0 Å². The Bertz CT molecular complexity index is 1330. The maximum atomic E-state index is 13.8. The summed E-state index contributed by atoms with van der Waals surface area (Å²) in [6.45, 7) is 6.48. The Balaban J connectivity index is 1.97. The van der Waals surface area contributed by atoms with Crippen LogP contribution in [0.2, 0.25) is 0 Å². The predicted octanol–water partition coefficient (Wildman–Crippen LogP) is 4.41. The van der Waals surface area contributed by atoms with Crippen molar-refractivity contribution in [3.8, 4) is 5.75 Å². The molecule has 3 rings (SSSR count). The lowest BCUT2D eigenvalue weighted by Gasteiger charge is -2.26. The highest BCUT2D eigenvalue weighted by Crippen LogP contribution is 2.32. The minimum absolute atomic E-state index is 0.0216. The first-order valence-corrected chi connectivity index (χ1v) is 12.4. The number of anilines is 3. The largest absolute Gasteiger partial charge is 0.495 e. The van der Waals surface area contributed by atoms with E-state index in [-0.39, 0.29) is 16.6 Å². The predicted molar refractivity (Wildman–Crippen MR) is 138 cm³/mol. The van der Waals surface area contributed by atoms with Crippen molar-refractivity contribution in [2.45, 2.75) is 32.6 Å². The molecule has 9 heteroatoms. The van der Waals surface area contributed by atoms with E-state index in [1.807, 2.05) is 19.9 Å². The number of benzene rings is 3. The first-order chi connectivity index (χ1) is 16.5. The number of aryl methyl sites for hydroxylation is 3. The van der Waals surface area contributed by atoms with Crippen LogP contribution in [0.25, 0.3) is 0 Å². The quantitative estimate of drug-likeness (QED) is 0.482. The summed E-state index contributed by atoms with van der Waals surface area (Å²) in [5.41, 5.74) is 3.91. The standard InChI is InChI=1S/C26H29N3O5S/c1-17-6-11-24(34-5)25(15-17)35(32,33)29(23-13-18(2)12-19(3)14-23)16-26(31)28-22-9-7-21(8-10-22)27-20(4)30/h6-15H,16H2,1-5H3,(H,27,30)(H,28,31). The zero-order chi connectivity index (χ0) is 25.8. The average molecular weight is 496 g/mol. The van der Waals surface area contributed by atoms with E-state index in [4.69, 9.17) is 4.74 Å². The zero-order valence-electron chi connectivity index (χ0n) is 20.4. The molecule has 0 heterocycles. The topological polar surface area (TPSA) is 105 Å². The SMILES string of the molecule is COc1ccc(C)cc1S(=O)(=O)N(CC(=O)Nc1ccc(NC(C)=O)cc1)c1cc(C)cc(C)c1. The molecule has 0 radical (unpaired) electrons. The second-order valence-corrected chi connectivity index (χ2v) is 10.1. The van der Waals surface area contributed by atoms with Gasteiger partial charge in [-0.05, 0) is 86.0 Å². The van der Waals surface area contributed by atoms with Crippen LogP contribution in [0, 0.1) is 20.8 Å². The number of ether oxygens (including phenoxy) is 1. The number of nitrogens with one attached hydrogen (secondary N) is 2. The second kappa shape index (κ2) is 10.6. The van der Waals surface area contributed by atoms with E-state index in [1.165, 1.54) is 20.1 Å². The van der Waals surface area contributed by atoms with Gasteiger partial charge in [-0.1, -0.05) is 12.1 Å². The van der Waals surface area contributed by atoms with Gasteiger partial charge in [-0.25, -0.2) is 8.42 Å². The molecule has 35 heavy (non-hydrogen) atoms. The Labute approximate surface area is 206 Å². The van der Waals surface area contributed by atoms with Gasteiger partial charge >= 0.3 is 0 Å². The van der Waals surface area contributed by atoms with Crippen LogP contribution in [-0.4, -0.2) is 33.9 Å². The van der Waals surface area contributed by atoms with Gasteiger partial charge in [0.1, 0.15) is 17.2 Å². The molecule has 0 spiro atoms. The number of nitrogens with zero attached hydrogens (tertiary/aromatic N) is 1. The minimum Gasteiger partial charge on any atom is -0.495 e. The number of rotatable bonds is 8. The van der Waals surface area contributed by atoms with Crippen molar-refractivity contribution in [2.24, 2.45) is 0 Å². The molecule has 2 N–H and O–H groups in total. The maximum absolute atomic E-state index is 13.8. The van der Waals surface area contributed by atoms with Crippen LogP contribution in [0.3, 0.4) is 0 Å². The molecule has 3 aromatic carbocycles. The molecule has 3 aromatic rings. The molecule has 8 nitrogen and oxygen atoms in total. The van der Waals surface area contributed by atoms with Crippen molar-refractivity contribution in [2.75, 3.05) is 28.6 Å². The third-order valence-electron chi connectivity index (χ3n) is 5.16. The Morgan fingerprint density at radius 3 is 1.94 bits per heavy atom. The van der Waals surface area contributed by atoms with E-state index < -0.39 is 22.5 Å². The van der Waals surface area contributed by atoms with E-state index in [0.717, 1.165) is 21.0 Å². The molecule has 2 amide bonds. The van der Waals surface area contributed by atoms with Crippen LogP contribution in [0.15, 0.2) is 65.6 Å². The van der Waals surface area contributed by atoms with Gasteiger partial charge in [0.2, 0.25) is 11.8 Å². The van der Waals surface area contributed by atoms with Crippen LogP contribution in [0.4, 0.5) is 17.1 Å². The molecule has 0 aromatic heterocycles. The maximum Gasteiger partial charge on any atom is 0.268 e. The summed E-state index contributed by atoms with van der Waals surface area (Å²) >= 11 is 0. The Morgan fingerprint density at radius 2 is 1.40 bits per heavy atom. The lowest BCUT2D eigenvalue weighted by molar-refractivity contribution is -0.115. The van der Waals surface area contributed by atoms with Crippen LogP contribution in [0.5, 0.6) is 5.75 Å². The van der Waals surface area contributed by atoms with Gasteiger partial charge in [0.25, 0.3) is 10.0 Å². The van der Waals surface area contributed by atoms with Crippen molar-refractivity contribution in [1.29, 1.82) is 0 Å². The molecule has 0 aliphatic rings.